The van der Waals surface area contributed by atoms with Gasteiger partial charge in [0, 0.05) is 16.5 Å². The number of anilines is 1. The maximum atomic E-state index is 11.9. The average Bonchev–Trinajstić information content (AvgIpc) is 2.51. The number of benzene rings is 2. The second kappa shape index (κ2) is 8.85. The minimum Gasteiger partial charge on any atom is -0.493 e. The first-order valence-corrected chi connectivity index (χ1v) is 8.91. The number of aryl methyl sites for hydroxylation is 2. The summed E-state index contributed by atoms with van der Waals surface area (Å²) < 4.78 is 5.65. The van der Waals surface area contributed by atoms with Crippen LogP contribution in [0.1, 0.15) is 11.1 Å². The van der Waals surface area contributed by atoms with Crippen LogP contribution in [0.3, 0.4) is 0 Å². The second-order valence-electron chi connectivity index (χ2n) is 5.23. The van der Waals surface area contributed by atoms with Crippen molar-refractivity contribution in [1.82, 2.24) is 0 Å². The van der Waals surface area contributed by atoms with Crippen molar-refractivity contribution in [2.45, 2.75) is 13.8 Å². The Kier molecular flexibility index (Phi) is 6.81. The third-order valence-corrected chi connectivity index (χ3v) is 4.50. The summed E-state index contributed by atoms with van der Waals surface area (Å²) in [6, 6.07) is 13.4. The average molecular weight is 350 g/mol. The van der Waals surface area contributed by atoms with Crippen molar-refractivity contribution in [1.29, 1.82) is 0 Å². The monoisotopic (exact) mass is 349 g/mol. The number of amides is 1. The quantitative estimate of drug-likeness (QED) is 0.736. The van der Waals surface area contributed by atoms with Crippen molar-refractivity contribution < 1.29 is 9.53 Å². The molecule has 0 atom stereocenters. The lowest BCUT2D eigenvalue weighted by atomic mass is 10.2. The Morgan fingerprint density at radius 1 is 1.22 bits per heavy atom. The largest absolute Gasteiger partial charge is 0.493 e. The van der Waals surface area contributed by atoms with E-state index in [0.29, 0.717) is 17.4 Å². The van der Waals surface area contributed by atoms with E-state index in [1.165, 1.54) is 5.56 Å². The van der Waals surface area contributed by atoms with Gasteiger partial charge in [-0.25, -0.2) is 0 Å². The molecule has 0 saturated carbocycles. The zero-order valence-electron chi connectivity index (χ0n) is 13.3. The van der Waals surface area contributed by atoms with Crippen molar-refractivity contribution in [3.63, 3.8) is 0 Å². The Hall–Kier alpha value is -1.65. The predicted molar refractivity (Wildman–Crippen MR) is 98.8 cm³/mol. The molecule has 0 aliphatic heterocycles. The van der Waals surface area contributed by atoms with Crippen LogP contribution >= 0.6 is 23.4 Å². The molecule has 1 amide bonds. The molecule has 0 aliphatic carbocycles. The number of carbonyl (C=O) groups excluding carboxylic acids is 1. The van der Waals surface area contributed by atoms with Gasteiger partial charge in [0.25, 0.3) is 0 Å². The van der Waals surface area contributed by atoms with Gasteiger partial charge in [-0.1, -0.05) is 29.8 Å². The Balaban J connectivity index is 1.65. The highest BCUT2D eigenvalue weighted by atomic mass is 35.5. The first-order valence-electron chi connectivity index (χ1n) is 7.38. The maximum absolute atomic E-state index is 11.9. The summed E-state index contributed by atoms with van der Waals surface area (Å²) in [5.74, 6) is 1.98. The van der Waals surface area contributed by atoms with Crippen LogP contribution in [0.25, 0.3) is 0 Å². The normalized spacial score (nSPS) is 10.4. The van der Waals surface area contributed by atoms with Crippen LogP contribution in [-0.4, -0.2) is 24.0 Å². The highest BCUT2D eigenvalue weighted by Crippen LogP contribution is 2.20. The number of nitrogens with one attached hydrogen (secondary N) is 1. The first kappa shape index (κ1) is 17.7. The first-order chi connectivity index (χ1) is 11.0. The molecule has 122 valence electrons. The minimum absolute atomic E-state index is 0.0366. The zero-order valence-corrected chi connectivity index (χ0v) is 14.8. The molecule has 0 fully saturated rings. The number of hydrogen-bond donors (Lipinski definition) is 1. The number of rotatable bonds is 7. The molecule has 0 unspecified atom stereocenters. The fourth-order valence-corrected chi connectivity index (χ4v) is 2.74. The molecule has 2 aromatic carbocycles. The molecule has 0 aromatic heterocycles. The van der Waals surface area contributed by atoms with Gasteiger partial charge in [-0.3, -0.25) is 4.79 Å². The van der Waals surface area contributed by atoms with Gasteiger partial charge in [-0.15, -0.1) is 11.8 Å². The Labute approximate surface area is 146 Å². The van der Waals surface area contributed by atoms with E-state index in [4.69, 9.17) is 16.3 Å². The lowest BCUT2D eigenvalue weighted by Crippen LogP contribution is -2.15. The number of hydrogen-bond acceptors (Lipinski definition) is 3. The standard InChI is InChI=1S/C18H20ClNO2S/c1-13-4-3-5-16(10-13)22-8-9-23-12-18(21)20-15-7-6-14(2)17(19)11-15/h3-7,10-11H,8-9,12H2,1-2H3,(H,20,21). The highest BCUT2D eigenvalue weighted by Gasteiger charge is 2.04. The van der Waals surface area contributed by atoms with Gasteiger partial charge in [0.15, 0.2) is 0 Å². The van der Waals surface area contributed by atoms with Crippen LogP contribution in [0, 0.1) is 13.8 Å². The lowest BCUT2D eigenvalue weighted by molar-refractivity contribution is -0.113. The molecule has 0 bridgehead atoms. The van der Waals surface area contributed by atoms with E-state index in [2.05, 4.69) is 5.32 Å². The van der Waals surface area contributed by atoms with E-state index in [9.17, 15) is 4.79 Å². The molecule has 23 heavy (non-hydrogen) atoms. The fraction of sp³-hybridized carbons (Fsp3) is 0.278. The van der Waals surface area contributed by atoms with Crippen LogP contribution in [0.2, 0.25) is 5.02 Å². The van der Waals surface area contributed by atoms with Crippen molar-refractivity contribution in [3.8, 4) is 5.75 Å². The van der Waals surface area contributed by atoms with Crippen molar-refractivity contribution >= 4 is 35.0 Å². The highest BCUT2D eigenvalue weighted by molar-refractivity contribution is 7.99. The summed E-state index contributed by atoms with van der Waals surface area (Å²) in [6.07, 6.45) is 0. The minimum atomic E-state index is -0.0366. The molecule has 0 spiro atoms. The van der Waals surface area contributed by atoms with E-state index in [1.54, 1.807) is 17.8 Å². The van der Waals surface area contributed by atoms with Crippen LogP contribution in [0.5, 0.6) is 5.75 Å². The zero-order chi connectivity index (χ0) is 16.7. The molecule has 5 heteroatoms. The van der Waals surface area contributed by atoms with Crippen molar-refractivity contribution in [2.75, 3.05) is 23.4 Å². The van der Waals surface area contributed by atoms with Crippen LogP contribution < -0.4 is 10.1 Å². The summed E-state index contributed by atoms with van der Waals surface area (Å²) in [7, 11) is 0. The van der Waals surface area contributed by atoms with Gasteiger partial charge in [0.2, 0.25) is 5.91 Å². The summed E-state index contributed by atoms with van der Waals surface area (Å²) in [6.45, 7) is 4.54. The van der Waals surface area contributed by atoms with E-state index >= 15 is 0 Å². The van der Waals surface area contributed by atoms with Crippen LogP contribution in [0.4, 0.5) is 5.69 Å². The lowest BCUT2D eigenvalue weighted by Gasteiger charge is -2.08. The smallest absolute Gasteiger partial charge is 0.234 e. The topological polar surface area (TPSA) is 38.3 Å². The van der Waals surface area contributed by atoms with Crippen molar-refractivity contribution in [2.24, 2.45) is 0 Å². The third-order valence-electron chi connectivity index (χ3n) is 3.17. The van der Waals surface area contributed by atoms with E-state index in [-0.39, 0.29) is 5.91 Å². The Morgan fingerprint density at radius 3 is 2.78 bits per heavy atom. The summed E-state index contributed by atoms with van der Waals surface area (Å²) in [4.78, 5) is 11.9. The molecule has 3 nitrogen and oxygen atoms in total. The maximum Gasteiger partial charge on any atom is 0.234 e. The molecule has 0 saturated heterocycles. The predicted octanol–water partition coefficient (Wildman–Crippen LogP) is 4.71. The van der Waals surface area contributed by atoms with E-state index < -0.39 is 0 Å². The fourth-order valence-electron chi connectivity index (χ4n) is 1.96. The van der Waals surface area contributed by atoms with Gasteiger partial charge in [-0.05, 0) is 49.2 Å². The number of thioether (sulfide) groups is 1. The summed E-state index contributed by atoms with van der Waals surface area (Å²) in [5, 5.41) is 3.50. The summed E-state index contributed by atoms with van der Waals surface area (Å²) in [5.41, 5.74) is 2.89. The molecule has 2 aromatic rings. The van der Waals surface area contributed by atoms with E-state index in [0.717, 1.165) is 22.8 Å². The molecule has 1 N–H and O–H groups in total. The molecule has 0 radical (unpaired) electrons. The third kappa shape index (κ3) is 6.16. The molecule has 2 rings (SSSR count). The second-order valence-corrected chi connectivity index (χ2v) is 6.74. The number of halogens is 1. The summed E-state index contributed by atoms with van der Waals surface area (Å²) >= 11 is 7.58. The van der Waals surface area contributed by atoms with Gasteiger partial charge in [0.05, 0.1) is 12.4 Å². The van der Waals surface area contributed by atoms with Gasteiger partial charge in [-0.2, -0.15) is 0 Å². The Bertz CT molecular complexity index is 676. The molecule has 0 heterocycles. The van der Waals surface area contributed by atoms with E-state index in [1.807, 2.05) is 50.2 Å². The van der Waals surface area contributed by atoms with Gasteiger partial charge in [0.1, 0.15) is 5.75 Å². The SMILES string of the molecule is Cc1cccc(OCCSCC(=O)Nc2ccc(C)c(Cl)c2)c1. The number of ether oxygens (including phenoxy) is 1. The van der Waals surface area contributed by atoms with Crippen molar-refractivity contribution in [3.05, 3.63) is 58.6 Å². The van der Waals surface area contributed by atoms with Gasteiger partial charge >= 0.3 is 0 Å². The van der Waals surface area contributed by atoms with Gasteiger partial charge < -0.3 is 10.1 Å². The number of carbonyl (C=O) groups is 1. The molecular weight excluding hydrogens is 330 g/mol. The molecular formula is C18H20ClNO2S. The van der Waals surface area contributed by atoms with Crippen LogP contribution in [-0.2, 0) is 4.79 Å². The molecule has 0 aliphatic rings. The van der Waals surface area contributed by atoms with Crippen LogP contribution in [0.15, 0.2) is 42.5 Å². The Morgan fingerprint density at radius 2 is 2.04 bits per heavy atom.